The van der Waals surface area contributed by atoms with Gasteiger partial charge in [0.2, 0.25) is 0 Å². The maximum atomic E-state index is 13.1. The van der Waals surface area contributed by atoms with E-state index in [4.69, 9.17) is 16.3 Å². The average Bonchev–Trinajstić information content (AvgIpc) is 2.96. The third-order valence-corrected chi connectivity index (χ3v) is 8.30. The van der Waals surface area contributed by atoms with Gasteiger partial charge in [-0.05, 0) is 60.2 Å². The molecule has 0 aromatic heterocycles. The number of thioether (sulfide) groups is 1. The number of benzene rings is 3. The van der Waals surface area contributed by atoms with Crippen molar-refractivity contribution in [3.8, 4) is 5.75 Å². The number of rotatable bonds is 7. The molecule has 0 saturated carbocycles. The minimum absolute atomic E-state index is 0.0993. The zero-order valence-electron chi connectivity index (χ0n) is 22.0. The lowest BCUT2D eigenvalue weighted by Crippen LogP contribution is -2.48. The first kappa shape index (κ1) is 27.1. The first-order valence-corrected chi connectivity index (χ1v) is 14.1. The van der Waals surface area contributed by atoms with Crippen molar-refractivity contribution in [2.75, 3.05) is 63.2 Å². The zero-order chi connectivity index (χ0) is 27.4. The molecule has 2 aliphatic rings. The number of likely N-dealkylation sites (N-methyl/N-ethyl adjacent to an activating group) is 1. The molecular formula is C30H31ClN4O3S. The fraction of sp³-hybridized carbons (Fsp3) is 0.267. The summed E-state index contributed by atoms with van der Waals surface area (Å²) < 4.78 is 5.21. The topological polar surface area (TPSA) is 65.1 Å². The fourth-order valence-electron chi connectivity index (χ4n) is 4.72. The van der Waals surface area contributed by atoms with Crippen molar-refractivity contribution >= 4 is 52.6 Å². The molecule has 7 nitrogen and oxygen atoms in total. The molecule has 202 valence electrons. The van der Waals surface area contributed by atoms with Gasteiger partial charge < -0.3 is 19.9 Å². The van der Waals surface area contributed by atoms with Gasteiger partial charge in [-0.3, -0.25) is 14.5 Å². The lowest BCUT2D eigenvalue weighted by atomic mass is 10.1. The largest absolute Gasteiger partial charge is 0.497 e. The third kappa shape index (κ3) is 6.41. The number of anilines is 2. The van der Waals surface area contributed by atoms with Crippen molar-refractivity contribution in [3.63, 3.8) is 0 Å². The summed E-state index contributed by atoms with van der Waals surface area (Å²) in [5.74, 6) is 0.531. The number of amides is 2. The van der Waals surface area contributed by atoms with Crippen LogP contribution in [0.25, 0.3) is 6.08 Å². The summed E-state index contributed by atoms with van der Waals surface area (Å²) in [6.45, 7) is 5.05. The van der Waals surface area contributed by atoms with Gasteiger partial charge in [0.15, 0.2) is 0 Å². The molecule has 2 amide bonds. The summed E-state index contributed by atoms with van der Waals surface area (Å²) in [6, 6.07) is 21.0. The molecule has 1 saturated heterocycles. The number of nitrogens with one attached hydrogen (secondary N) is 1. The van der Waals surface area contributed by atoms with Crippen molar-refractivity contribution in [1.82, 2.24) is 10.2 Å². The van der Waals surface area contributed by atoms with Gasteiger partial charge in [0.25, 0.3) is 11.8 Å². The van der Waals surface area contributed by atoms with Gasteiger partial charge in [-0.15, -0.1) is 0 Å². The van der Waals surface area contributed by atoms with E-state index in [1.807, 2.05) is 60.7 Å². The highest BCUT2D eigenvalue weighted by molar-refractivity contribution is 8.04. The molecular weight excluding hydrogens is 532 g/mol. The lowest BCUT2D eigenvalue weighted by Gasteiger charge is -2.36. The molecule has 3 aromatic carbocycles. The SMILES string of the molecule is COc1ccc(/C=C2\Sc3ccc(C(=O)NCCN4CCN(c5cccc(Cl)c5)CC4)cc3N(C)C2=O)cc1. The van der Waals surface area contributed by atoms with Crippen LogP contribution < -0.4 is 19.9 Å². The highest BCUT2D eigenvalue weighted by atomic mass is 35.5. The van der Waals surface area contributed by atoms with E-state index >= 15 is 0 Å². The summed E-state index contributed by atoms with van der Waals surface area (Å²) in [5.41, 5.74) is 3.35. The Labute approximate surface area is 238 Å². The van der Waals surface area contributed by atoms with Gasteiger partial charge in [0.1, 0.15) is 5.75 Å². The van der Waals surface area contributed by atoms with E-state index in [2.05, 4.69) is 21.2 Å². The van der Waals surface area contributed by atoms with Crippen molar-refractivity contribution in [2.24, 2.45) is 0 Å². The van der Waals surface area contributed by atoms with E-state index in [1.165, 1.54) is 11.8 Å². The average molecular weight is 563 g/mol. The Morgan fingerprint density at radius 2 is 1.82 bits per heavy atom. The van der Waals surface area contributed by atoms with Crippen LogP contribution in [0.3, 0.4) is 0 Å². The maximum absolute atomic E-state index is 13.1. The molecule has 2 aliphatic heterocycles. The number of hydrogen-bond acceptors (Lipinski definition) is 6. The highest BCUT2D eigenvalue weighted by Gasteiger charge is 2.27. The minimum atomic E-state index is -0.138. The second kappa shape index (κ2) is 12.2. The van der Waals surface area contributed by atoms with Crippen LogP contribution >= 0.6 is 23.4 Å². The van der Waals surface area contributed by atoms with Gasteiger partial charge in [-0.25, -0.2) is 0 Å². The number of halogens is 1. The molecule has 9 heteroatoms. The number of carbonyl (C=O) groups excluding carboxylic acids is 2. The van der Waals surface area contributed by atoms with Crippen molar-refractivity contribution in [3.05, 3.63) is 87.8 Å². The molecule has 1 N–H and O–H groups in total. The smallest absolute Gasteiger partial charge is 0.264 e. The van der Waals surface area contributed by atoms with Gasteiger partial charge in [-0.2, -0.15) is 0 Å². The monoisotopic (exact) mass is 562 g/mol. The Kier molecular flexibility index (Phi) is 8.45. The van der Waals surface area contributed by atoms with E-state index < -0.39 is 0 Å². The summed E-state index contributed by atoms with van der Waals surface area (Å²) in [5, 5.41) is 3.79. The molecule has 39 heavy (non-hydrogen) atoms. The van der Waals surface area contributed by atoms with Gasteiger partial charge >= 0.3 is 0 Å². The first-order chi connectivity index (χ1) is 18.9. The number of nitrogens with zero attached hydrogens (tertiary/aromatic N) is 3. The molecule has 0 spiro atoms. The predicted molar refractivity (Wildman–Crippen MR) is 159 cm³/mol. The summed E-state index contributed by atoms with van der Waals surface area (Å²) in [7, 11) is 3.37. The lowest BCUT2D eigenvalue weighted by molar-refractivity contribution is -0.114. The minimum Gasteiger partial charge on any atom is -0.497 e. The van der Waals surface area contributed by atoms with Crippen LogP contribution in [0.1, 0.15) is 15.9 Å². The highest BCUT2D eigenvalue weighted by Crippen LogP contribution is 2.42. The normalized spacial score (nSPS) is 16.8. The van der Waals surface area contributed by atoms with Crippen LogP contribution in [-0.2, 0) is 4.79 Å². The van der Waals surface area contributed by atoms with Crippen LogP contribution in [0.5, 0.6) is 5.75 Å². The Balaban J connectivity index is 1.15. The molecule has 2 heterocycles. The van der Waals surface area contributed by atoms with E-state index in [-0.39, 0.29) is 11.8 Å². The van der Waals surface area contributed by atoms with Crippen LogP contribution in [0.2, 0.25) is 5.02 Å². The summed E-state index contributed by atoms with van der Waals surface area (Å²) in [6.07, 6.45) is 1.88. The van der Waals surface area contributed by atoms with Crippen LogP contribution in [0.4, 0.5) is 11.4 Å². The summed E-state index contributed by atoms with van der Waals surface area (Å²) in [4.78, 5) is 33.8. The van der Waals surface area contributed by atoms with Gasteiger partial charge in [0.05, 0.1) is 17.7 Å². The third-order valence-electron chi connectivity index (χ3n) is 6.99. The van der Waals surface area contributed by atoms with Gasteiger partial charge in [0, 0.05) is 67.5 Å². The molecule has 3 aromatic rings. The van der Waals surface area contributed by atoms with Crippen molar-refractivity contribution in [2.45, 2.75) is 4.90 Å². The Bertz CT molecular complexity index is 1390. The molecule has 0 radical (unpaired) electrons. The van der Waals surface area contributed by atoms with E-state index in [9.17, 15) is 9.59 Å². The number of methoxy groups -OCH3 is 1. The first-order valence-electron chi connectivity index (χ1n) is 12.9. The van der Waals surface area contributed by atoms with Crippen LogP contribution in [0.15, 0.2) is 76.5 Å². The molecule has 0 unspecified atom stereocenters. The quantitative estimate of drug-likeness (QED) is 0.408. The number of piperazine rings is 1. The van der Waals surface area contributed by atoms with E-state index in [1.54, 1.807) is 25.1 Å². The van der Waals surface area contributed by atoms with Crippen LogP contribution in [0, 0.1) is 0 Å². The number of hydrogen-bond donors (Lipinski definition) is 1. The van der Waals surface area contributed by atoms with E-state index in [0.717, 1.165) is 65.3 Å². The number of ether oxygens (including phenoxy) is 1. The Morgan fingerprint density at radius 3 is 2.54 bits per heavy atom. The molecule has 0 aliphatic carbocycles. The summed E-state index contributed by atoms with van der Waals surface area (Å²) >= 11 is 7.56. The zero-order valence-corrected chi connectivity index (χ0v) is 23.6. The van der Waals surface area contributed by atoms with Crippen molar-refractivity contribution < 1.29 is 14.3 Å². The molecule has 1 fully saturated rings. The second-order valence-corrected chi connectivity index (χ2v) is 11.0. The van der Waals surface area contributed by atoms with Gasteiger partial charge in [-0.1, -0.05) is 41.6 Å². The predicted octanol–water partition coefficient (Wildman–Crippen LogP) is 5.01. The Hall–Kier alpha value is -3.46. The number of fused-ring (bicyclic) bond motifs is 1. The molecule has 0 atom stereocenters. The van der Waals surface area contributed by atoms with Crippen LogP contribution in [-0.4, -0.2) is 70.1 Å². The second-order valence-electron chi connectivity index (χ2n) is 9.49. The Morgan fingerprint density at radius 1 is 1.05 bits per heavy atom. The maximum Gasteiger partial charge on any atom is 0.264 e. The standard InChI is InChI=1S/C30H31ClN4O3S/c1-33-26-19-22(8-11-27(26)39-28(30(33)37)18-21-6-9-25(38-2)10-7-21)29(36)32-12-13-34-14-16-35(17-15-34)24-5-3-4-23(31)20-24/h3-11,18-20H,12-17H2,1-2H3,(H,32,36)/b28-18-. The molecule has 0 bridgehead atoms. The van der Waals surface area contributed by atoms with Crippen molar-refractivity contribution in [1.29, 1.82) is 0 Å². The fourth-order valence-corrected chi connectivity index (χ4v) is 6.00. The van der Waals surface area contributed by atoms with E-state index in [0.29, 0.717) is 17.0 Å². The number of carbonyl (C=O) groups is 2. The molecule has 5 rings (SSSR count).